The molecule has 1 aromatic rings. The van der Waals surface area contributed by atoms with E-state index in [9.17, 15) is 9.59 Å². The number of carbonyl (C=O) groups excluding carboxylic acids is 2. The lowest BCUT2D eigenvalue weighted by atomic mass is 10.1. The number of amides is 2. The lowest BCUT2D eigenvalue weighted by Gasteiger charge is -2.23. The van der Waals surface area contributed by atoms with Gasteiger partial charge in [-0.3, -0.25) is 9.59 Å². The second-order valence-electron chi connectivity index (χ2n) is 7.30. The summed E-state index contributed by atoms with van der Waals surface area (Å²) in [6, 6.07) is 2.13. The molecule has 27 heavy (non-hydrogen) atoms. The van der Waals surface area contributed by atoms with E-state index < -0.39 is 6.10 Å². The van der Waals surface area contributed by atoms with E-state index in [1.54, 1.807) is 7.11 Å². The quantitative estimate of drug-likeness (QED) is 0.784. The van der Waals surface area contributed by atoms with Gasteiger partial charge in [0, 0.05) is 31.2 Å². The van der Waals surface area contributed by atoms with E-state index in [-0.39, 0.29) is 18.4 Å². The molecular weight excluding hydrogens is 348 g/mol. The van der Waals surface area contributed by atoms with Gasteiger partial charge in [-0.25, -0.2) is 4.98 Å². The van der Waals surface area contributed by atoms with Gasteiger partial charge < -0.3 is 25.0 Å². The van der Waals surface area contributed by atoms with Crippen LogP contribution in [0.4, 0.5) is 0 Å². The summed E-state index contributed by atoms with van der Waals surface area (Å²) in [5, 5.41) is 6.00. The molecule has 146 valence electrons. The number of methoxy groups -OCH3 is 1. The number of ether oxygens (including phenoxy) is 2. The van der Waals surface area contributed by atoms with Gasteiger partial charge in [0.05, 0.1) is 31.5 Å². The summed E-state index contributed by atoms with van der Waals surface area (Å²) in [4.78, 5) is 31.6. The summed E-state index contributed by atoms with van der Waals surface area (Å²) in [7, 11) is 1.56. The zero-order valence-corrected chi connectivity index (χ0v) is 15.6. The van der Waals surface area contributed by atoms with Gasteiger partial charge in [-0.05, 0) is 18.9 Å². The van der Waals surface area contributed by atoms with Crippen molar-refractivity contribution in [3.8, 4) is 5.88 Å². The first-order chi connectivity index (χ1) is 13.2. The number of hydrogen-bond acceptors (Lipinski definition) is 6. The van der Waals surface area contributed by atoms with Crippen molar-refractivity contribution in [2.75, 3.05) is 26.8 Å². The van der Waals surface area contributed by atoms with E-state index >= 15 is 0 Å². The average molecular weight is 374 g/mol. The number of aromatic nitrogens is 1. The normalized spacial score (nSPS) is 22.8. The second kappa shape index (κ2) is 7.82. The molecule has 8 nitrogen and oxygen atoms in total. The number of pyridine rings is 1. The SMILES string of the molecule is COc1nc2c(cc1CNC(=O)[C@@H]1CNCCO1)C(=O)N(C1CCCC1)C2. The van der Waals surface area contributed by atoms with Gasteiger partial charge in [-0.15, -0.1) is 0 Å². The van der Waals surface area contributed by atoms with Crippen LogP contribution in [-0.4, -0.2) is 60.7 Å². The zero-order chi connectivity index (χ0) is 18.8. The zero-order valence-electron chi connectivity index (χ0n) is 15.6. The van der Waals surface area contributed by atoms with Crippen LogP contribution in [0.2, 0.25) is 0 Å². The molecule has 1 aliphatic carbocycles. The molecule has 2 N–H and O–H groups in total. The molecule has 8 heteroatoms. The first kappa shape index (κ1) is 18.2. The molecular formula is C19H26N4O4. The minimum atomic E-state index is -0.494. The second-order valence-corrected chi connectivity index (χ2v) is 7.30. The number of carbonyl (C=O) groups is 2. The molecule has 1 aromatic heterocycles. The molecule has 4 rings (SSSR count). The highest BCUT2D eigenvalue weighted by molar-refractivity contribution is 5.98. The van der Waals surface area contributed by atoms with Crippen LogP contribution in [0.25, 0.3) is 0 Å². The number of rotatable bonds is 5. The van der Waals surface area contributed by atoms with Crippen LogP contribution < -0.4 is 15.4 Å². The van der Waals surface area contributed by atoms with Crippen molar-refractivity contribution in [3.05, 3.63) is 22.9 Å². The first-order valence-corrected chi connectivity index (χ1v) is 9.65. The molecule has 0 aromatic carbocycles. The lowest BCUT2D eigenvalue weighted by Crippen LogP contribution is -2.47. The van der Waals surface area contributed by atoms with Crippen molar-refractivity contribution in [2.45, 2.75) is 50.9 Å². The van der Waals surface area contributed by atoms with E-state index in [0.29, 0.717) is 42.7 Å². The van der Waals surface area contributed by atoms with Crippen molar-refractivity contribution in [1.82, 2.24) is 20.5 Å². The molecule has 2 amide bonds. The van der Waals surface area contributed by atoms with E-state index in [1.807, 2.05) is 11.0 Å². The molecule has 3 heterocycles. The van der Waals surface area contributed by atoms with E-state index in [2.05, 4.69) is 15.6 Å². The highest BCUT2D eigenvalue weighted by Crippen LogP contribution is 2.33. The standard InChI is InChI=1S/C19H26N4O4/c1-26-18-12(9-21-17(24)16-10-20-6-7-27-16)8-14-15(22-18)11-23(19(14)25)13-4-2-3-5-13/h8,13,16,20H,2-7,9-11H2,1H3,(H,21,24)/t16-/m0/s1. The fourth-order valence-electron chi connectivity index (χ4n) is 4.11. The molecule has 2 fully saturated rings. The highest BCUT2D eigenvalue weighted by atomic mass is 16.5. The molecule has 0 bridgehead atoms. The Kier molecular flexibility index (Phi) is 5.27. The summed E-state index contributed by atoms with van der Waals surface area (Å²) in [6.07, 6.45) is 3.99. The monoisotopic (exact) mass is 374 g/mol. The number of nitrogens with zero attached hydrogens (tertiary/aromatic N) is 2. The van der Waals surface area contributed by atoms with Crippen LogP contribution in [0.5, 0.6) is 5.88 Å². The minimum Gasteiger partial charge on any atom is -0.481 e. The van der Waals surface area contributed by atoms with Crippen molar-refractivity contribution < 1.29 is 19.1 Å². The Morgan fingerprint density at radius 2 is 2.26 bits per heavy atom. The Balaban J connectivity index is 1.47. The molecule has 0 spiro atoms. The van der Waals surface area contributed by atoms with Gasteiger partial charge in [0.15, 0.2) is 0 Å². The molecule has 0 unspecified atom stereocenters. The predicted molar refractivity (Wildman–Crippen MR) is 97.4 cm³/mol. The first-order valence-electron chi connectivity index (χ1n) is 9.65. The number of hydrogen-bond donors (Lipinski definition) is 2. The van der Waals surface area contributed by atoms with E-state index in [4.69, 9.17) is 9.47 Å². The van der Waals surface area contributed by atoms with Gasteiger partial charge in [0.25, 0.3) is 11.8 Å². The van der Waals surface area contributed by atoms with Gasteiger partial charge in [-0.2, -0.15) is 0 Å². The fourth-order valence-corrected chi connectivity index (χ4v) is 4.11. The van der Waals surface area contributed by atoms with Gasteiger partial charge in [-0.1, -0.05) is 12.8 Å². The molecule has 2 aliphatic heterocycles. The van der Waals surface area contributed by atoms with Crippen molar-refractivity contribution in [2.24, 2.45) is 0 Å². The third kappa shape index (κ3) is 3.64. The van der Waals surface area contributed by atoms with Gasteiger partial charge in [0.2, 0.25) is 5.88 Å². The summed E-state index contributed by atoms with van der Waals surface area (Å²) in [6.45, 7) is 2.57. The van der Waals surface area contributed by atoms with E-state index in [0.717, 1.165) is 25.1 Å². The lowest BCUT2D eigenvalue weighted by molar-refractivity contribution is -0.134. The molecule has 1 atom stereocenters. The Hall–Kier alpha value is -2.19. The summed E-state index contributed by atoms with van der Waals surface area (Å²) < 4.78 is 10.9. The van der Waals surface area contributed by atoms with Crippen LogP contribution in [-0.2, 0) is 22.6 Å². The fraction of sp³-hybridized carbons (Fsp3) is 0.632. The number of nitrogens with one attached hydrogen (secondary N) is 2. The number of morpholine rings is 1. The molecule has 3 aliphatic rings. The smallest absolute Gasteiger partial charge is 0.256 e. The Morgan fingerprint density at radius 1 is 1.44 bits per heavy atom. The van der Waals surface area contributed by atoms with Crippen molar-refractivity contribution >= 4 is 11.8 Å². The van der Waals surface area contributed by atoms with Gasteiger partial charge in [0.1, 0.15) is 6.10 Å². The molecule has 1 saturated heterocycles. The van der Waals surface area contributed by atoms with Crippen LogP contribution in [0, 0.1) is 0 Å². The highest BCUT2D eigenvalue weighted by Gasteiger charge is 2.36. The maximum Gasteiger partial charge on any atom is 0.256 e. The Bertz CT molecular complexity index is 727. The Labute approximate surface area is 158 Å². The van der Waals surface area contributed by atoms with Crippen LogP contribution >= 0.6 is 0 Å². The summed E-state index contributed by atoms with van der Waals surface area (Å²) in [5.41, 5.74) is 2.09. The maximum atomic E-state index is 12.9. The molecule has 1 saturated carbocycles. The summed E-state index contributed by atoms with van der Waals surface area (Å²) in [5.74, 6) is 0.320. The largest absolute Gasteiger partial charge is 0.481 e. The Morgan fingerprint density at radius 3 is 2.96 bits per heavy atom. The predicted octanol–water partition coefficient (Wildman–Crippen LogP) is 0.593. The third-order valence-electron chi connectivity index (χ3n) is 5.58. The molecule has 0 radical (unpaired) electrons. The summed E-state index contributed by atoms with van der Waals surface area (Å²) >= 11 is 0. The van der Waals surface area contributed by atoms with Gasteiger partial charge >= 0.3 is 0 Å². The van der Waals surface area contributed by atoms with Crippen LogP contribution in [0.3, 0.4) is 0 Å². The maximum absolute atomic E-state index is 12.9. The topological polar surface area (TPSA) is 92.8 Å². The van der Waals surface area contributed by atoms with Crippen LogP contribution in [0.15, 0.2) is 6.07 Å². The average Bonchev–Trinajstić information content (AvgIpc) is 3.34. The van der Waals surface area contributed by atoms with Crippen LogP contribution in [0.1, 0.15) is 47.3 Å². The number of fused-ring (bicyclic) bond motifs is 1. The van der Waals surface area contributed by atoms with Crippen molar-refractivity contribution in [1.29, 1.82) is 0 Å². The van der Waals surface area contributed by atoms with E-state index in [1.165, 1.54) is 12.8 Å². The minimum absolute atomic E-state index is 0.0412. The van der Waals surface area contributed by atoms with Crippen molar-refractivity contribution in [3.63, 3.8) is 0 Å². The third-order valence-corrected chi connectivity index (χ3v) is 5.58.